The molecular formula is C26H24N4O4S2. The second-order valence-electron chi connectivity index (χ2n) is 8.25. The summed E-state index contributed by atoms with van der Waals surface area (Å²) in [7, 11) is -3.98. The Hall–Kier alpha value is -3.60. The molecule has 10 heteroatoms. The first-order chi connectivity index (χ1) is 17.3. The Labute approximate surface area is 213 Å². The number of anilines is 2. The van der Waals surface area contributed by atoms with Crippen molar-refractivity contribution in [2.75, 3.05) is 16.3 Å². The van der Waals surface area contributed by atoms with E-state index >= 15 is 0 Å². The van der Waals surface area contributed by atoms with Gasteiger partial charge in [0.15, 0.2) is 4.90 Å². The summed E-state index contributed by atoms with van der Waals surface area (Å²) in [4.78, 5) is 9.81. The van der Waals surface area contributed by atoms with Crippen LogP contribution < -0.4 is 14.8 Å². The highest BCUT2D eigenvalue weighted by Crippen LogP contribution is 2.34. The Bertz CT molecular complexity index is 1520. The highest BCUT2D eigenvalue weighted by atomic mass is 32.2. The molecule has 1 aliphatic heterocycles. The predicted molar refractivity (Wildman–Crippen MR) is 140 cm³/mol. The molecule has 0 aliphatic carbocycles. The van der Waals surface area contributed by atoms with E-state index in [1.165, 1.54) is 6.07 Å². The van der Waals surface area contributed by atoms with Crippen LogP contribution in [0.25, 0.3) is 11.3 Å². The number of rotatable bonds is 3. The molecule has 2 heterocycles. The second kappa shape index (κ2) is 9.81. The molecule has 0 saturated carbocycles. The first-order valence-electron chi connectivity index (χ1n) is 11.3. The number of benzene rings is 3. The molecule has 0 amide bonds. The van der Waals surface area contributed by atoms with Crippen molar-refractivity contribution in [3.05, 3.63) is 83.9 Å². The predicted octanol–water partition coefficient (Wildman–Crippen LogP) is 4.96. The summed E-state index contributed by atoms with van der Waals surface area (Å²) < 4.78 is 47.0. The zero-order chi connectivity index (χ0) is 25.3. The minimum atomic E-state index is -3.98. The van der Waals surface area contributed by atoms with Gasteiger partial charge in [0.1, 0.15) is 12.0 Å². The van der Waals surface area contributed by atoms with E-state index in [0.717, 1.165) is 16.7 Å². The molecule has 0 fully saturated rings. The van der Waals surface area contributed by atoms with Crippen molar-refractivity contribution in [3.8, 4) is 22.9 Å². The normalized spacial score (nSPS) is 15.0. The average Bonchev–Trinajstić information content (AvgIpc) is 2.87. The Morgan fingerprint density at radius 1 is 1.03 bits per heavy atom. The van der Waals surface area contributed by atoms with Gasteiger partial charge in [-0.2, -0.15) is 4.98 Å². The van der Waals surface area contributed by atoms with E-state index in [1.807, 2.05) is 43.3 Å². The fourth-order valence-electron chi connectivity index (χ4n) is 3.94. The van der Waals surface area contributed by atoms with Crippen LogP contribution in [0.4, 0.5) is 11.6 Å². The van der Waals surface area contributed by atoms with Crippen LogP contribution in [0, 0.1) is 0 Å². The van der Waals surface area contributed by atoms with E-state index in [0.29, 0.717) is 35.0 Å². The number of nitrogens with one attached hydrogen (secondary N) is 2. The third-order valence-electron chi connectivity index (χ3n) is 5.76. The van der Waals surface area contributed by atoms with Gasteiger partial charge in [0.2, 0.25) is 11.8 Å². The van der Waals surface area contributed by atoms with Gasteiger partial charge in [0, 0.05) is 23.4 Å². The SMILES string of the molecule is CCc1c2nc(nc1-c1ccc([S+](C)[O-])cc1)NS(=O)(=O)c1cccc(c1)NCc1cccc(c1)O2. The summed E-state index contributed by atoms with van der Waals surface area (Å²) in [6, 6.07) is 21.3. The van der Waals surface area contributed by atoms with Crippen molar-refractivity contribution < 1.29 is 17.7 Å². The van der Waals surface area contributed by atoms with Crippen LogP contribution in [0.2, 0.25) is 0 Å². The largest absolute Gasteiger partial charge is 0.612 e. The molecule has 5 rings (SSSR count). The monoisotopic (exact) mass is 520 g/mol. The molecule has 1 atom stereocenters. The number of aromatic nitrogens is 2. The number of hydrogen-bond acceptors (Lipinski definition) is 7. The van der Waals surface area contributed by atoms with Gasteiger partial charge in [-0.3, -0.25) is 0 Å². The third-order valence-corrected chi connectivity index (χ3v) is 8.02. The maximum Gasteiger partial charge on any atom is 0.264 e. The first-order valence-corrected chi connectivity index (χ1v) is 14.3. The van der Waals surface area contributed by atoms with Gasteiger partial charge in [-0.1, -0.05) is 25.1 Å². The Morgan fingerprint density at radius 3 is 2.56 bits per heavy atom. The molecule has 1 unspecified atom stereocenters. The summed E-state index contributed by atoms with van der Waals surface area (Å²) >= 11 is -1.12. The maximum absolute atomic E-state index is 13.2. The van der Waals surface area contributed by atoms with Crippen LogP contribution in [-0.2, 0) is 34.2 Å². The van der Waals surface area contributed by atoms with Gasteiger partial charge in [-0.25, -0.2) is 18.1 Å². The van der Waals surface area contributed by atoms with E-state index in [-0.39, 0.29) is 16.7 Å². The van der Waals surface area contributed by atoms with Crippen LogP contribution in [0.3, 0.4) is 0 Å². The minimum absolute atomic E-state index is 0.0836. The van der Waals surface area contributed by atoms with E-state index in [9.17, 15) is 13.0 Å². The minimum Gasteiger partial charge on any atom is -0.612 e. The van der Waals surface area contributed by atoms with Gasteiger partial charge >= 0.3 is 0 Å². The molecule has 3 aromatic carbocycles. The summed E-state index contributed by atoms with van der Waals surface area (Å²) in [5.74, 6) is 0.733. The lowest BCUT2D eigenvalue weighted by molar-refractivity contribution is 0.456. The van der Waals surface area contributed by atoms with Crippen LogP contribution in [0.1, 0.15) is 18.1 Å². The van der Waals surface area contributed by atoms with Crippen molar-refractivity contribution in [2.24, 2.45) is 0 Å². The first kappa shape index (κ1) is 24.1. The highest BCUT2D eigenvalue weighted by molar-refractivity contribution is 7.92. The average molecular weight is 521 g/mol. The summed E-state index contributed by atoms with van der Waals surface area (Å²) in [5, 5.41) is 3.26. The molecule has 0 saturated heterocycles. The Kier molecular flexibility index (Phi) is 6.57. The number of hydrogen-bond donors (Lipinski definition) is 2. The zero-order valence-corrected chi connectivity index (χ0v) is 21.3. The summed E-state index contributed by atoms with van der Waals surface area (Å²) in [5.41, 5.74) is 3.62. The topological polar surface area (TPSA) is 116 Å². The molecule has 1 aromatic heterocycles. The fraction of sp³-hybridized carbons (Fsp3) is 0.154. The van der Waals surface area contributed by atoms with E-state index in [1.54, 1.807) is 36.6 Å². The van der Waals surface area contributed by atoms with Crippen molar-refractivity contribution >= 4 is 32.8 Å². The van der Waals surface area contributed by atoms with Crippen LogP contribution in [-0.4, -0.2) is 29.2 Å². The fourth-order valence-corrected chi connectivity index (χ4v) is 5.45. The second-order valence-corrected chi connectivity index (χ2v) is 11.3. The molecular weight excluding hydrogens is 496 g/mol. The lowest BCUT2D eigenvalue weighted by Gasteiger charge is -2.17. The molecule has 6 bridgehead atoms. The van der Waals surface area contributed by atoms with E-state index in [2.05, 4.69) is 20.0 Å². The smallest absolute Gasteiger partial charge is 0.264 e. The summed E-state index contributed by atoms with van der Waals surface area (Å²) in [6.07, 6.45) is 2.16. The maximum atomic E-state index is 13.2. The van der Waals surface area contributed by atoms with Crippen molar-refractivity contribution in [3.63, 3.8) is 0 Å². The van der Waals surface area contributed by atoms with E-state index < -0.39 is 21.2 Å². The lowest BCUT2D eigenvalue weighted by atomic mass is 10.0. The van der Waals surface area contributed by atoms with Gasteiger partial charge in [0.25, 0.3) is 10.0 Å². The van der Waals surface area contributed by atoms with Gasteiger partial charge in [-0.15, -0.1) is 0 Å². The Morgan fingerprint density at radius 2 is 1.81 bits per heavy atom. The van der Waals surface area contributed by atoms with E-state index in [4.69, 9.17) is 4.74 Å². The molecule has 0 spiro atoms. The quantitative estimate of drug-likeness (QED) is 0.367. The molecule has 2 N–H and O–H groups in total. The van der Waals surface area contributed by atoms with Crippen molar-refractivity contribution in [1.29, 1.82) is 0 Å². The molecule has 36 heavy (non-hydrogen) atoms. The number of fused-ring (bicyclic) bond motifs is 6. The number of nitrogens with zero attached hydrogens (tertiary/aromatic N) is 2. The van der Waals surface area contributed by atoms with Crippen LogP contribution in [0.15, 0.2) is 82.6 Å². The summed E-state index contributed by atoms with van der Waals surface area (Å²) in [6.45, 7) is 2.44. The van der Waals surface area contributed by atoms with Gasteiger partial charge in [-0.05, 0) is 77.8 Å². The van der Waals surface area contributed by atoms with Crippen LogP contribution >= 0.6 is 0 Å². The van der Waals surface area contributed by atoms with Crippen molar-refractivity contribution in [1.82, 2.24) is 9.97 Å². The Balaban J connectivity index is 1.70. The standard InChI is InChI=1S/C26H24N4O4S2/c1-3-23-24(18-10-12-21(13-11-18)35(2)31)28-26-29-25(23)34-20-8-4-6-17(14-20)16-27-19-7-5-9-22(15-19)36(32,33)30-26/h4-15,27H,3,16H2,1-2H3,(H,28,29,30). The number of sulfonamides is 1. The zero-order valence-electron chi connectivity index (χ0n) is 19.7. The molecule has 4 aromatic rings. The number of ether oxygens (including phenoxy) is 1. The molecule has 184 valence electrons. The molecule has 0 radical (unpaired) electrons. The van der Waals surface area contributed by atoms with Crippen LogP contribution in [0.5, 0.6) is 11.6 Å². The van der Waals surface area contributed by atoms with Crippen molar-refractivity contribution in [2.45, 2.75) is 29.7 Å². The molecule has 8 nitrogen and oxygen atoms in total. The highest BCUT2D eigenvalue weighted by Gasteiger charge is 2.22. The molecule has 1 aliphatic rings. The lowest BCUT2D eigenvalue weighted by Crippen LogP contribution is -2.17. The van der Waals surface area contributed by atoms with Gasteiger partial charge < -0.3 is 14.6 Å². The third kappa shape index (κ3) is 5.01. The van der Waals surface area contributed by atoms with Gasteiger partial charge in [0.05, 0.1) is 10.6 Å².